The molecule has 2 heterocycles. The molecule has 0 fully saturated rings. The third-order valence-corrected chi connectivity index (χ3v) is 3.24. The Morgan fingerprint density at radius 2 is 2.26 bits per heavy atom. The van der Waals surface area contributed by atoms with Crippen molar-refractivity contribution in [3.8, 4) is 0 Å². The van der Waals surface area contributed by atoms with Gasteiger partial charge in [-0.25, -0.2) is 10.8 Å². The molecule has 100 valence electrons. The number of hydrogen-bond acceptors (Lipinski definition) is 7. The fourth-order valence-corrected chi connectivity index (χ4v) is 2.27. The fraction of sp³-hybridized carbons (Fsp3) is 0.182. The number of thiophene rings is 1. The predicted molar refractivity (Wildman–Crippen MR) is 75.2 cm³/mol. The van der Waals surface area contributed by atoms with Crippen molar-refractivity contribution in [2.45, 2.75) is 6.42 Å². The number of nitrogens with one attached hydrogen (secondary N) is 2. The van der Waals surface area contributed by atoms with Crippen LogP contribution in [0.2, 0.25) is 0 Å². The van der Waals surface area contributed by atoms with Crippen LogP contribution in [0.5, 0.6) is 0 Å². The normalized spacial score (nSPS) is 10.2. The summed E-state index contributed by atoms with van der Waals surface area (Å²) < 4.78 is 0. The lowest BCUT2D eigenvalue weighted by molar-refractivity contribution is -0.384. The molecular formula is C11H13N5O2S. The Kier molecular flexibility index (Phi) is 4.26. The summed E-state index contributed by atoms with van der Waals surface area (Å²) in [6.45, 7) is 0.568. The highest BCUT2D eigenvalue weighted by Gasteiger charge is 2.15. The maximum atomic E-state index is 10.9. The Balaban J connectivity index is 2.06. The SMILES string of the molecule is NNc1ccc([N+](=O)[O-])c(NCCc2ccsc2)n1. The van der Waals surface area contributed by atoms with Gasteiger partial charge in [-0.2, -0.15) is 11.3 Å². The number of aromatic nitrogens is 1. The summed E-state index contributed by atoms with van der Waals surface area (Å²) in [6, 6.07) is 4.85. The van der Waals surface area contributed by atoms with Gasteiger partial charge < -0.3 is 10.7 Å². The number of nitrogens with two attached hydrogens (primary N) is 1. The van der Waals surface area contributed by atoms with Crippen molar-refractivity contribution >= 4 is 28.7 Å². The Hall–Kier alpha value is -2.19. The van der Waals surface area contributed by atoms with E-state index in [1.807, 2.05) is 16.8 Å². The summed E-state index contributed by atoms with van der Waals surface area (Å²) in [4.78, 5) is 14.5. The number of pyridine rings is 1. The molecular weight excluding hydrogens is 266 g/mol. The lowest BCUT2D eigenvalue weighted by Gasteiger charge is -2.07. The highest BCUT2D eigenvalue weighted by molar-refractivity contribution is 7.07. The molecule has 0 saturated heterocycles. The van der Waals surface area contributed by atoms with Crippen LogP contribution in [0.1, 0.15) is 5.56 Å². The molecule has 0 aliphatic carbocycles. The van der Waals surface area contributed by atoms with Gasteiger partial charge in [0.1, 0.15) is 5.82 Å². The van der Waals surface area contributed by atoms with Crippen molar-refractivity contribution in [1.29, 1.82) is 0 Å². The van der Waals surface area contributed by atoms with Crippen molar-refractivity contribution in [1.82, 2.24) is 4.98 Å². The van der Waals surface area contributed by atoms with Gasteiger partial charge in [-0.1, -0.05) is 0 Å². The Morgan fingerprint density at radius 1 is 1.42 bits per heavy atom. The monoisotopic (exact) mass is 279 g/mol. The van der Waals surface area contributed by atoms with Gasteiger partial charge >= 0.3 is 5.69 Å². The van der Waals surface area contributed by atoms with E-state index in [0.29, 0.717) is 12.4 Å². The van der Waals surface area contributed by atoms with E-state index >= 15 is 0 Å². The third-order valence-electron chi connectivity index (χ3n) is 2.50. The maximum absolute atomic E-state index is 10.9. The quantitative estimate of drug-likeness (QED) is 0.424. The molecule has 2 aromatic heterocycles. The third kappa shape index (κ3) is 3.39. The number of anilines is 2. The first-order chi connectivity index (χ1) is 9.20. The minimum Gasteiger partial charge on any atom is -0.364 e. The number of hydrogen-bond donors (Lipinski definition) is 3. The lowest BCUT2D eigenvalue weighted by atomic mass is 10.2. The topological polar surface area (TPSA) is 106 Å². The van der Waals surface area contributed by atoms with Crippen LogP contribution >= 0.6 is 11.3 Å². The first-order valence-corrected chi connectivity index (χ1v) is 6.52. The number of nitro groups is 1. The Bertz CT molecular complexity index is 558. The second-order valence-corrected chi connectivity index (χ2v) is 4.55. The van der Waals surface area contributed by atoms with Crippen molar-refractivity contribution in [2.24, 2.45) is 5.84 Å². The molecule has 0 aromatic carbocycles. The fourth-order valence-electron chi connectivity index (χ4n) is 1.57. The van der Waals surface area contributed by atoms with Crippen LogP contribution in [0, 0.1) is 10.1 Å². The second-order valence-electron chi connectivity index (χ2n) is 3.77. The van der Waals surface area contributed by atoms with Crippen LogP contribution in [-0.2, 0) is 6.42 Å². The molecule has 0 unspecified atom stereocenters. The van der Waals surface area contributed by atoms with Crippen LogP contribution in [0.3, 0.4) is 0 Å². The van der Waals surface area contributed by atoms with E-state index < -0.39 is 4.92 Å². The molecule has 7 nitrogen and oxygen atoms in total. The Morgan fingerprint density at radius 3 is 2.89 bits per heavy atom. The molecule has 0 saturated carbocycles. The number of rotatable bonds is 6. The van der Waals surface area contributed by atoms with Crippen molar-refractivity contribution in [2.75, 3.05) is 17.3 Å². The molecule has 0 spiro atoms. The van der Waals surface area contributed by atoms with Crippen molar-refractivity contribution in [3.63, 3.8) is 0 Å². The van der Waals surface area contributed by atoms with Crippen molar-refractivity contribution < 1.29 is 4.92 Å². The smallest absolute Gasteiger partial charge is 0.311 e. The maximum Gasteiger partial charge on any atom is 0.311 e. The van der Waals surface area contributed by atoms with Gasteiger partial charge in [0.2, 0.25) is 5.82 Å². The van der Waals surface area contributed by atoms with Gasteiger partial charge in [-0.05, 0) is 34.9 Å². The zero-order valence-corrected chi connectivity index (χ0v) is 10.8. The van der Waals surface area contributed by atoms with Crippen LogP contribution in [0.4, 0.5) is 17.3 Å². The van der Waals surface area contributed by atoms with Gasteiger partial charge in [0.15, 0.2) is 0 Å². The molecule has 0 aliphatic rings. The molecule has 2 aromatic rings. The minimum absolute atomic E-state index is 0.0654. The highest BCUT2D eigenvalue weighted by atomic mass is 32.1. The average Bonchev–Trinajstić information content (AvgIpc) is 2.91. The molecule has 2 rings (SSSR count). The van der Waals surface area contributed by atoms with Crippen LogP contribution in [0.15, 0.2) is 29.0 Å². The van der Waals surface area contributed by atoms with E-state index in [0.717, 1.165) is 6.42 Å². The van der Waals surface area contributed by atoms with Crippen molar-refractivity contribution in [3.05, 3.63) is 44.6 Å². The van der Waals surface area contributed by atoms with Crippen LogP contribution < -0.4 is 16.6 Å². The van der Waals surface area contributed by atoms with Crippen LogP contribution in [-0.4, -0.2) is 16.5 Å². The largest absolute Gasteiger partial charge is 0.364 e. The summed E-state index contributed by atoms with van der Waals surface area (Å²) in [5.74, 6) is 5.84. The van der Waals surface area contributed by atoms with E-state index in [1.54, 1.807) is 11.3 Å². The van der Waals surface area contributed by atoms with E-state index in [-0.39, 0.29) is 11.5 Å². The minimum atomic E-state index is -0.472. The van der Waals surface area contributed by atoms with E-state index in [9.17, 15) is 10.1 Å². The van der Waals surface area contributed by atoms with E-state index in [1.165, 1.54) is 17.7 Å². The lowest BCUT2D eigenvalue weighted by Crippen LogP contribution is -2.12. The van der Waals surface area contributed by atoms with E-state index in [2.05, 4.69) is 15.7 Å². The zero-order valence-electron chi connectivity index (χ0n) is 10.00. The predicted octanol–water partition coefficient (Wildman–Crippen LogP) is 1.99. The first kappa shape index (κ1) is 13.2. The van der Waals surface area contributed by atoms with Gasteiger partial charge in [0.05, 0.1) is 4.92 Å². The summed E-state index contributed by atoms with van der Waals surface area (Å²) >= 11 is 1.62. The molecule has 0 atom stereocenters. The molecule has 0 radical (unpaired) electrons. The number of hydrazine groups is 1. The number of nitrogen functional groups attached to an aromatic ring is 1. The molecule has 4 N–H and O–H groups in total. The average molecular weight is 279 g/mol. The molecule has 0 bridgehead atoms. The Labute approximate surface area is 113 Å². The summed E-state index contributed by atoms with van der Waals surface area (Å²) in [5.41, 5.74) is 3.49. The second kappa shape index (κ2) is 6.12. The standard InChI is InChI=1S/C11H13N5O2S/c12-15-10-2-1-9(16(17)18)11(14-10)13-5-3-8-4-6-19-7-8/h1-2,4,6-7H,3,5,12H2,(H2,13,14,15). The molecule has 19 heavy (non-hydrogen) atoms. The summed E-state index contributed by atoms with van der Waals surface area (Å²) in [5, 5.41) is 17.9. The highest BCUT2D eigenvalue weighted by Crippen LogP contribution is 2.23. The van der Waals surface area contributed by atoms with Gasteiger partial charge in [0.25, 0.3) is 0 Å². The van der Waals surface area contributed by atoms with Crippen LogP contribution in [0.25, 0.3) is 0 Å². The zero-order chi connectivity index (χ0) is 13.7. The molecule has 0 aliphatic heterocycles. The molecule has 8 heteroatoms. The van der Waals surface area contributed by atoms with E-state index in [4.69, 9.17) is 5.84 Å². The summed E-state index contributed by atoms with van der Waals surface area (Å²) in [6.07, 6.45) is 0.780. The number of nitrogens with zero attached hydrogens (tertiary/aromatic N) is 2. The van der Waals surface area contributed by atoms with Gasteiger partial charge in [-0.15, -0.1) is 0 Å². The molecule has 0 amide bonds. The first-order valence-electron chi connectivity index (χ1n) is 5.57. The summed E-state index contributed by atoms with van der Waals surface area (Å²) in [7, 11) is 0. The van der Waals surface area contributed by atoms with Gasteiger partial charge in [0, 0.05) is 12.6 Å². The van der Waals surface area contributed by atoms with Gasteiger partial charge in [-0.3, -0.25) is 10.1 Å².